The molecule has 0 amide bonds. The summed E-state index contributed by atoms with van der Waals surface area (Å²) >= 11 is 0. The van der Waals surface area contributed by atoms with Crippen molar-refractivity contribution in [2.75, 3.05) is 13.7 Å². The van der Waals surface area contributed by atoms with Gasteiger partial charge in [0.1, 0.15) is 0 Å². The van der Waals surface area contributed by atoms with Crippen molar-refractivity contribution in [3.05, 3.63) is 39.4 Å². The van der Waals surface area contributed by atoms with Crippen molar-refractivity contribution in [2.24, 2.45) is 0 Å². The van der Waals surface area contributed by atoms with Crippen molar-refractivity contribution in [2.45, 2.75) is 12.8 Å². The number of hydrogen-bond acceptors (Lipinski definition) is 7. The van der Waals surface area contributed by atoms with Gasteiger partial charge >= 0.3 is 11.9 Å². The van der Waals surface area contributed by atoms with E-state index >= 15 is 0 Å². The standard InChI is InChI=1S/C13H12N2O6/c1-3-21-13(17)10(7-14)9-5-4-8(12(16)20-2)6-11(9)15(18)19/h4-6,10H,3H2,1-2H3. The summed E-state index contributed by atoms with van der Waals surface area (Å²) in [6.07, 6.45) is 0. The van der Waals surface area contributed by atoms with Crippen molar-refractivity contribution in [1.29, 1.82) is 5.26 Å². The smallest absolute Gasteiger partial charge is 0.338 e. The number of benzene rings is 1. The summed E-state index contributed by atoms with van der Waals surface area (Å²) in [4.78, 5) is 33.3. The fourth-order valence-electron chi connectivity index (χ4n) is 1.67. The number of hydrogen-bond donors (Lipinski definition) is 0. The third-order valence-corrected chi connectivity index (χ3v) is 2.61. The Morgan fingerprint density at radius 2 is 2.14 bits per heavy atom. The van der Waals surface area contributed by atoms with Crippen LogP contribution in [0.4, 0.5) is 5.69 Å². The van der Waals surface area contributed by atoms with Crippen LogP contribution in [0, 0.1) is 21.4 Å². The molecule has 0 spiro atoms. The molecular weight excluding hydrogens is 280 g/mol. The maximum Gasteiger partial charge on any atom is 0.338 e. The first-order valence-corrected chi connectivity index (χ1v) is 5.89. The minimum Gasteiger partial charge on any atom is -0.465 e. The molecule has 0 aliphatic rings. The minimum absolute atomic E-state index is 0.0467. The quantitative estimate of drug-likeness (QED) is 0.458. The van der Waals surface area contributed by atoms with Crippen LogP contribution >= 0.6 is 0 Å². The number of ether oxygens (including phenoxy) is 2. The van der Waals surface area contributed by atoms with E-state index in [1.54, 1.807) is 13.0 Å². The van der Waals surface area contributed by atoms with E-state index in [-0.39, 0.29) is 17.7 Å². The van der Waals surface area contributed by atoms with Crippen LogP contribution in [0.3, 0.4) is 0 Å². The average molecular weight is 292 g/mol. The van der Waals surface area contributed by atoms with E-state index in [2.05, 4.69) is 4.74 Å². The van der Waals surface area contributed by atoms with Crippen LogP contribution in [0.25, 0.3) is 0 Å². The lowest BCUT2D eigenvalue weighted by atomic mass is 9.97. The van der Waals surface area contributed by atoms with Crippen LogP contribution in [-0.2, 0) is 14.3 Å². The summed E-state index contributed by atoms with van der Waals surface area (Å²) in [5.41, 5.74) is -0.695. The molecule has 1 rings (SSSR count). The first-order valence-electron chi connectivity index (χ1n) is 5.89. The first kappa shape index (κ1) is 16.1. The second-order valence-electron chi connectivity index (χ2n) is 3.84. The monoisotopic (exact) mass is 292 g/mol. The van der Waals surface area contributed by atoms with Gasteiger partial charge in [0, 0.05) is 6.07 Å². The van der Waals surface area contributed by atoms with Gasteiger partial charge < -0.3 is 9.47 Å². The Hall–Kier alpha value is -2.95. The summed E-state index contributed by atoms with van der Waals surface area (Å²) in [6, 6.07) is 5.05. The van der Waals surface area contributed by atoms with Crippen molar-refractivity contribution >= 4 is 17.6 Å². The van der Waals surface area contributed by atoms with Gasteiger partial charge in [-0.25, -0.2) is 4.79 Å². The maximum absolute atomic E-state index is 11.7. The van der Waals surface area contributed by atoms with Gasteiger partial charge in [-0.05, 0) is 19.1 Å². The molecule has 0 aliphatic heterocycles. The molecule has 0 heterocycles. The number of rotatable bonds is 5. The van der Waals surface area contributed by atoms with Crippen molar-refractivity contribution in [3.8, 4) is 6.07 Å². The summed E-state index contributed by atoms with van der Waals surface area (Å²) in [7, 11) is 1.14. The fourth-order valence-corrected chi connectivity index (χ4v) is 1.67. The predicted octanol–water partition coefficient (Wildman–Crippen LogP) is 1.55. The third-order valence-electron chi connectivity index (χ3n) is 2.61. The Kier molecular flexibility index (Phi) is 5.37. The SMILES string of the molecule is CCOC(=O)C(C#N)c1ccc(C(=O)OC)cc1[N+](=O)[O-]. The molecule has 0 saturated heterocycles. The maximum atomic E-state index is 11.7. The van der Waals surface area contributed by atoms with Gasteiger partial charge in [0.05, 0.1) is 35.8 Å². The molecule has 0 aliphatic carbocycles. The van der Waals surface area contributed by atoms with Crippen LogP contribution in [0.5, 0.6) is 0 Å². The number of methoxy groups -OCH3 is 1. The van der Waals surface area contributed by atoms with Crippen LogP contribution in [0.2, 0.25) is 0 Å². The summed E-state index contributed by atoms with van der Waals surface area (Å²) < 4.78 is 9.17. The predicted molar refractivity (Wildman–Crippen MR) is 69.4 cm³/mol. The highest BCUT2D eigenvalue weighted by molar-refractivity contribution is 5.91. The van der Waals surface area contributed by atoms with E-state index in [0.29, 0.717) is 0 Å². The summed E-state index contributed by atoms with van der Waals surface area (Å²) in [6.45, 7) is 1.60. The fraction of sp³-hybridized carbons (Fsp3) is 0.308. The van der Waals surface area contributed by atoms with E-state index in [4.69, 9.17) is 10.00 Å². The van der Waals surface area contributed by atoms with E-state index in [1.807, 2.05) is 0 Å². The highest BCUT2D eigenvalue weighted by atomic mass is 16.6. The van der Waals surface area contributed by atoms with E-state index < -0.39 is 28.5 Å². The zero-order valence-electron chi connectivity index (χ0n) is 11.4. The van der Waals surface area contributed by atoms with Crippen molar-refractivity contribution in [1.82, 2.24) is 0 Å². The second kappa shape index (κ2) is 7.00. The van der Waals surface area contributed by atoms with Crippen LogP contribution in [-0.4, -0.2) is 30.6 Å². The number of carbonyl (C=O) groups excluding carboxylic acids is 2. The molecule has 21 heavy (non-hydrogen) atoms. The zero-order valence-corrected chi connectivity index (χ0v) is 11.4. The zero-order chi connectivity index (χ0) is 16.0. The van der Waals surface area contributed by atoms with E-state index in [9.17, 15) is 19.7 Å². The van der Waals surface area contributed by atoms with Crippen LogP contribution < -0.4 is 0 Å². The van der Waals surface area contributed by atoms with Crippen molar-refractivity contribution < 1.29 is 24.0 Å². The van der Waals surface area contributed by atoms with E-state index in [0.717, 1.165) is 13.2 Å². The van der Waals surface area contributed by atoms with Gasteiger partial charge in [0.25, 0.3) is 5.69 Å². The number of nitro benzene ring substituents is 1. The minimum atomic E-state index is -1.43. The molecule has 0 radical (unpaired) electrons. The molecule has 8 heteroatoms. The largest absolute Gasteiger partial charge is 0.465 e. The van der Waals surface area contributed by atoms with Gasteiger partial charge in [0.2, 0.25) is 0 Å². The number of esters is 2. The molecular formula is C13H12N2O6. The van der Waals surface area contributed by atoms with Gasteiger partial charge in [-0.3, -0.25) is 14.9 Å². The molecule has 1 unspecified atom stereocenters. The number of nitriles is 1. The molecule has 1 atom stereocenters. The number of carbonyl (C=O) groups is 2. The molecule has 1 aromatic rings. The average Bonchev–Trinajstić information content (AvgIpc) is 2.47. The second-order valence-corrected chi connectivity index (χ2v) is 3.84. The Labute approximate surface area is 120 Å². The topological polar surface area (TPSA) is 120 Å². The number of nitro groups is 1. The lowest BCUT2D eigenvalue weighted by molar-refractivity contribution is -0.385. The Balaban J connectivity index is 3.35. The van der Waals surface area contributed by atoms with Crippen molar-refractivity contribution in [3.63, 3.8) is 0 Å². The molecule has 8 nitrogen and oxygen atoms in total. The molecule has 110 valence electrons. The Bertz CT molecular complexity index is 620. The normalized spacial score (nSPS) is 11.1. The van der Waals surface area contributed by atoms with Gasteiger partial charge in [-0.15, -0.1) is 0 Å². The van der Waals surface area contributed by atoms with Crippen LogP contribution in [0.1, 0.15) is 28.8 Å². The van der Waals surface area contributed by atoms with Gasteiger partial charge in [0.15, 0.2) is 5.92 Å². The molecule has 0 N–H and O–H groups in total. The lowest BCUT2D eigenvalue weighted by Gasteiger charge is -2.10. The number of nitrogens with zero attached hydrogens (tertiary/aromatic N) is 2. The van der Waals surface area contributed by atoms with Crippen LogP contribution in [0.15, 0.2) is 18.2 Å². The Morgan fingerprint density at radius 3 is 2.62 bits per heavy atom. The molecule has 0 aromatic heterocycles. The Morgan fingerprint density at radius 1 is 1.48 bits per heavy atom. The first-order chi connectivity index (χ1) is 9.96. The molecule has 0 fully saturated rings. The molecule has 0 saturated carbocycles. The van der Waals surface area contributed by atoms with Gasteiger partial charge in [-0.2, -0.15) is 5.26 Å². The van der Waals surface area contributed by atoms with Gasteiger partial charge in [-0.1, -0.05) is 0 Å². The molecule has 0 bridgehead atoms. The summed E-state index contributed by atoms with van der Waals surface area (Å²) in [5, 5.41) is 20.1. The third kappa shape index (κ3) is 3.54. The molecule has 1 aromatic carbocycles. The lowest BCUT2D eigenvalue weighted by Crippen LogP contribution is -2.16. The highest BCUT2D eigenvalue weighted by Crippen LogP contribution is 2.28. The van der Waals surface area contributed by atoms with E-state index in [1.165, 1.54) is 12.1 Å². The summed E-state index contributed by atoms with van der Waals surface area (Å²) in [5.74, 6) is -3.07. The highest BCUT2D eigenvalue weighted by Gasteiger charge is 2.30.